The third-order valence-electron chi connectivity index (χ3n) is 2.56. The smallest absolute Gasteiger partial charge is 0.137 e. The molecule has 0 unspecified atom stereocenters. The third kappa shape index (κ3) is 2.68. The minimum atomic E-state index is 0.374. The van der Waals surface area contributed by atoms with Crippen LogP contribution in [0.2, 0.25) is 0 Å². The van der Waals surface area contributed by atoms with E-state index in [2.05, 4.69) is 15.9 Å². The molecule has 1 aliphatic rings. The predicted octanol–water partition coefficient (Wildman–Crippen LogP) is 3.36. The first-order chi connectivity index (χ1) is 6.75. The molecule has 1 aliphatic carbocycles. The van der Waals surface area contributed by atoms with Gasteiger partial charge in [0.1, 0.15) is 5.78 Å². The van der Waals surface area contributed by atoms with Crippen LogP contribution < -0.4 is 0 Å². The molecule has 0 aliphatic heterocycles. The minimum Gasteiger partial charge on any atom is -0.299 e. The molecule has 0 atom stereocenters. The summed E-state index contributed by atoms with van der Waals surface area (Å²) in [5.41, 5.74) is 1.11. The van der Waals surface area contributed by atoms with Crippen molar-refractivity contribution >= 4 is 21.7 Å². The second kappa shape index (κ2) is 4.26. The van der Waals surface area contributed by atoms with Crippen LogP contribution in [0.3, 0.4) is 0 Å². The van der Waals surface area contributed by atoms with Crippen molar-refractivity contribution in [3.8, 4) is 0 Å². The zero-order chi connectivity index (χ0) is 9.97. The summed E-state index contributed by atoms with van der Waals surface area (Å²) >= 11 is 3.45. The molecule has 0 spiro atoms. The van der Waals surface area contributed by atoms with Crippen molar-refractivity contribution in [1.29, 1.82) is 0 Å². The summed E-state index contributed by atoms with van der Waals surface area (Å²) in [6.07, 6.45) is 3.86. The van der Waals surface area contributed by atoms with E-state index in [4.69, 9.17) is 0 Å². The van der Waals surface area contributed by atoms with Crippen molar-refractivity contribution in [3.63, 3.8) is 0 Å². The van der Waals surface area contributed by atoms with Crippen LogP contribution >= 0.6 is 15.9 Å². The number of Topliss-reactive ketones (excluding diaryl/α,β-unsaturated/α-hetero) is 1. The Labute approximate surface area is 92.6 Å². The Morgan fingerprint density at radius 2 is 2.07 bits per heavy atom. The lowest BCUT2D eigenvalue weighted by Crippen LogP contribution is -2.03. The molecule has 1 aromatic rings. The van der Waals surface area contributed by atoms with Gasteiger partial charge in [-0.2, -0.15) is 0 Å². The molecule has 14 heavy (non-hydrogen) atoms. The molecule has 2 heteroatoms. The van der Waals surface area contributed by atoms with Gasteiger partial charge in [-0.25, -0.2) is 0 Å². The van der Waals surface area contributed by atoms with Crippen molar-refractivity contribution in [2.75, 3.05) is 0 Å². The van der Waals surface area contributed by atoms with Crippen LogP contribution in [0.1, 0.15) is 24.8 Å². The van der Waals surface area contributed by atoms with Gasteiger partial charge in [0, 0.05) is 17.3 Å². The number of ketones is 1. The van der Waals surface area contributed by atoms with Crippen molar-refractivity contribution in [2.45, 2.75) is 25.7 Å². The second-order valence-corrected chi connectivity index (χ2v) is 4.81. The molecule has 0 bridgehead atoms. The number of benzene rings is 1. The number of hydrogen-bond donors (Lipinski definition) is 0. The summed E-state index contributed by atoms with van der Waals surface area (Å²) < 4.78 is 1.05. The van der Waals surface area contributed by atoms with Gasteiger partial charge in [-0.05, 0) is 30.4 Å². The normalized spacial score (nSPS) is 15.5. The molecule has 1 aromatic carbocycles. The maximum absolute atomic E-state index is 11.6. The quantitative estimate of drug-likeness (QED) is 0.804. The highest BCUT2D eigenvalue weighted by molar-refractivity contribution is 9.10. The zero-order valence-electron chi connectivity index (χ0n) is 8.00. The van der Waals surface area contributed by atoms with Gasteiger partial charge >= 0.3 is 0 Å². The molecule has 0 N–H and O–H groups in total. The molecule has 1 fully saturated rings. The molecule has 74 valence electrons. The first kappa shape index (κ1) is 9.91. The monoisotopic (exact) mass is 252 g/mol. The largest absolute Gasteiger partial charge is 0.299 e. The second-order valence-electron chi connectivity index (χ2n) is 3.95. The van der Waals surface area contributed by atoms with Gasteiger partial charge in [0.2, 0.25) is 0 Å². The summed E-state index contributed by atoms with van der Waals surface area (Å²) in [4.78, 5) is 11.6. The highest BCUT2D eigenvalue weighted by atomic mass is 79.9. The Bertz CT molecular complexity index is 342. The molecule has 0 heterocycles. The Balaban J connectivity index is 1.95. The van der Waals surface area contributed by atoms with Gasteiger partial charge in [-0.3, -0.25) is 4.79 Å². The molecule has 1 nitrogen and oxygen atoms in total. The van der Waals surface area contributed by atoms with E-state index in [-0.39, 0.29) is 0 Å². The number of carbonyl (C=O) groups excluding carboxylic acids is 1. The Morgan fingerprint density at radius 1 is 1.36 bits per heavy atom. The summed E-state index contributed by atoms with van der Waals surface area (Å²) in [6, 6.07) is 7.94. The summed E-state index contributed by atoms with van der Waals surface area (Å²) in [5, 5.41) is 0. The molecule has 2 rings (SSSR count). The van der Waals surface area contributed by atoms with E-state index < -0.39 is 0 Å². The first-order valence-electron chi connectivity index (χ1n) is 5.01. The Kier molecular flexibility index (Phi) is 3.02. The van der Waals surface area contributed by atoms with Gasteiger partial charge < -0.3 is 0 Å². The summed E-state index contributed by atoms with van der Waals surface area (Å²) in [7, 11) is 0. The maximum Gasteiger partial charge on any atom is 0.137 e. The predicted molar refractivity (Wildman–Crippen MR) is 60.2 cm³/mol. The van der Waals surface area contributed by atoms with Crippen molar-refractivity contribution in [2.24, 2.45) is 5.92 Å². The van der Waals surface area contributed by atoms with Crippen LogP contribution in [0.15, 0.2) is 28.7 Å². The summed E-state index contributed by atoms with van der Waals surface area (Å²) in [6.45, 7) is 0. The average molecular weight is 253 g/mol. The standard InChI is InChI=1S/C12H13BrO/c13-12-4-2-1-3-10(12)8-11(14)7-9-5-6-9/h1-4,9H,5-8H2. The van der Waals surface area contributed by atoms with Gasteiger partial charge in [0.25, 0.3) is 0 Å². The fourth-order valence-electron chi connectivity index (χ4n) is 1.57. The fraction of sp³-hybridized carbons (Fsp3) is 0.417. The maximum atomic E-state index is 11.6. The van der Waals surface area contributed by atoms with Crippen LogP contribution in [-0.4, -0.2) is 5.78 Å². The lowest BCUT2D eigenvalue weighted by molar-refractivity contribution is -0.118. The number of halogens is 1. The fourth-order valence-corrected chi connectivity index (χ4v) is 2.00. The van der Waals surface area contributed by atoms with E-state index in [0.717, 1.165) is 16.5 Å². The summed E-state index contributed by atoms with van der Waals surface area (Å²) in [5.74, 6) is 1.07. The average Bonchev–Trinajstić information content (AvgIpc) is 2.93. The number of carbonyl (C=O) groups is 1. The topological polar surface area (TPSA) is 17.1 Å². The van der Waals surface area contributed by atoms with Gasteiger partial charge in [0.15, 0.2) is 0 Å². The minimum absolute atomic E-state index is 0.374. The van der Waals surface area contributed by atoms with E-state index in [0.29, 0.717) is 18.1 Å². The molecular weight excluding hydrogens is 240 g/mol. The van der Waals surface area contributed by atoms with Crippen LogP contribution in [0, 0.1) is 5.92 Å². The van der Waals surface area contributed by atoms with Crippen molar-refractivity contribution < 1.29 is 4.79 Å². The lowest BCUT2D eigenvalue weighted by Gasteiger charge is -2.02. The lowest BCUT2D eigenvalue weighted by atomic mass is 10.1. The van der Waals surface area contributed by atoms with E-state index in [9.17, 15) is 4.79 Å². The molecule has 0 radical (unpaired) electrons. The molecule has 0 amide bonds. The molecule has 1 saturated carbocycles. The van der Waals surface area contributed by atoms with Crippen molar-refractivity contribution in [1.82, 2.24) is 0 Å². The van der Waals surface area contributed by atoms with Crippen LogP contribution in [0.5, 0.6) is 0 Å². The third-order valence-corrected chi connectivity index (χ3v) is 3.33. The number of hydrogen-bond acceptors (Lipinski definition) is 1. The highest BCUT2D eigenvalue weighted by Crippen LogP contribution is 2.33. The highest BCUT2D eigenvalue weighted by Gasteiger charge is 2.24. The number of rotatable bonds is 4. The SMILES string of the molecule is O=C(Cc1ccccc1Br)CC1CC1. The molecular formula is C12H13BrO. The molecule has 0 aromatic heterocycles. The van der Waals surface area contributed by atoms with E-state index in [1.54, 1.807) is 0 Å². The van der Waals surface area contributed by atoms with E-state index in [1.165, 1.54) is 12.8 Å². The first-order valence-corrected chi connectivity index (χ1v) is 5.80. The Hall–Kier alpha value is -0.630. The van der Waals surface area contributed by atoms with Gasteiger partial charge in [-0.1, -0.05) is 34.1 Å². The molecule has 0 saturated heterocycles. The van der Waals surface area contributed by atoms with Gasteiger partial charge in [-0.15, -0.1) is 0 Å². The van der Waals surface area contributed by atoms with Crippen LogP contribution in [-0.2, 0) is 11.2 Å². The van der Waals surface area contributed by atoms with Crippen molar-refractivity contribution in [3.05, 3.63) is 34.3 Å². The van der Waals surface area contributed by atoms with E-state index >= 15 is 0 Å². The van der Waals surface area contributed by atoms with Gasteiger partial charge in [0.05, 0.1) is 0 Å². The zero-order valence-corrected chi connectivity index (χ0v) is 9.59. The Morgan fingerprint density at radius 3 is 2.71 bits per heavy atom. The van der Waals surface area contributed by atoms with Crippen LogP contribution in [0.25, 0.3) is 0 Å². The van der Waals surface area contributed by atoms with Crippen LogP contribution in [0.4, 0.5) is 0 Å². The van der Waals surface area contributed by atoms with E-state index in [1.807, 2.05) is 24.3 Å².